The van der Waals surface area contributed by atoms with Gasteiger partial charge in [-0.3, -0.25) is 9.59 Å². The normalized spacial score (nSPS) is 21.6. The van der Waals surface area contributed by atoms with Gasteiger partial charge in [-0.05, 0) is 35.1 Å². The zero-order valence-corrected chi connectivity index (χ0v) is 13.9. The molecule has 0 amide bonds. The first kappa shape index (κ1) is 15.9. The van der Waals surface area contributed by atoms with Crippen LogP contribution in [0, 0.1) is 11.8 Å². The summed E-state index contributed by atoms with van der Waals surface area (Å²) in [4.78, 5) is 23.8. The highest BCUT2D eigenvalue weighted by Crippen LogP contribution is 2.44. The van der Waals surface area contributed by atoms with E-state index in [0.29, 0.717) is 12.8 Å². The highest BCUT2D eigenvalue weighted by molar-refractivity contribution is 5.82. The minimum Gasteiger partial charge on any atom is -0.481 e. The first-order chi connectivity index (χ1) is 12.2. The summed E-state index contributed by atoms with van der Waals surface area (Å²) in [7, 11) is 0. The highest BCUT2D eigenvalue weighted by Gasteiger charge is 2.39. The third kappa shape index (κ3) is 2.72. The van der Waals surface area contributed by atoms with Gasteiger partial charge in [0.25, 0.3) is 0 Å². The molecule has 1 saturated carbocycles. The molecule has 0 heterocycles. The number of hydrogen-bond donors (Lipinski definition) is 1. The molecule has 4 heteroatoms. The van der Waals surface area contributed by atoms with E-state index in [2.05, 4.69) is 24.3 Å². The van der Waals surface area contributed by atoms with Gasteiger partial charge in [0, 0.05) is 5.92 Å². The van der Waals surface area contributed by atoms with Crippen molar-refractivity contribution in [2.75, 3.05) is 6.61 Å². The van der Waals surface area contributed by atoms with Crippen molar-refractivity contribution < 1.29 is 19.4 Å². The second-order valence-electron chi connectivity index (χ2n) is 6.84. The topological polar surface area (TPSA) is 63.6 Å². The van der Waals surface area contributed by atoms with Crippen LogP contribution in [0.15, 0.2) is 48.5 Å². The van der Waals surface area contributed by atoms with Crippen LogP contribution in [0.2, 0.25) is 0 Å². The molecule has 0 spiro atoms. The maximum absolute atomic E-state index is 12.5. The molecular weight excluding hydrogens is 316 g/mol. The second kappa shape index (κ2) is 6.36. The molecule has 0 aromatic heterocycles. The molecule has 0 saturated heterocycles. The van der Waals surface area contributed by atoms with E-state index in [-0.39, 0.29) is 18.5 Å². The Labute approximate surface area is 146 Å². The summed E-state index contributed by atoms with van der Waals surface area (Å²) < 4.78 is 5.60. The van der Waals surface area contributed by atoms with Gasteiger partial charge in [0.15, 0.2) is 0 Å². The highest BCUT2D eigenvalue weighted by atomic mass is 16.5. The van der Waals surface area contributed by atoms with E-state index in [4.69, 9.17) is 4.74 Å². The number of carbonyl (C=O) groups excluding carboxylic acids is 1. The van der Waals surface area contributed by atoms with Crippen molar-refractivity contribution in [2.45, 2.75) is 25.2 Å². The minimum atomic E-state index is -0.893. The molecule has 2 aliphatic rings. The van der Waals surface area contributed by atoms with Crippen LogP contribution in [0.3, 0.4) is 0 Å². The third-order valence-corrected chi connectivity index (χ3v) is 5.49. The number of ether oxygens (including phenoxy) is 1. The van der Waals surface area contributed by atoms with Gasteiger partial charge in [0.05, 0.1) is 11.8 Å². The molecule has 25 heavy (non-hydrogen) atoms. The number of rotatable bonds is 4. The minimum absolute atomic E-state index is 0.0148. The van der Waals surface area contributed by atoms with Gasteiger partial charge >= 0.3 is 11.9 Å². The third-order valence-electron chi connectivity index (χ3n) is 5.49. The Morgan fingerprint density at radius 2 is 1.48 bits per heavy atom. The maximum atomic E-state index is 12.5. The smallest absolute Gasteiger partial charge is 0.309 e. The average molecular weight is 336 g/mol. The Bertz CT molecular complexity index is 781. The van der Waals surface area contributed by atoms with E-state index >= 15 is 0 Å². The van der Waals surface area contributed by atoms with E-state index in [1.54, 1.807) is 0 Å². The SMILES string of the molecule is O=C(OCC1c2ccccc2-c2ccccc21)C1CCC[C@@H]1C(=O)O. The summed E-state index contributed by atoms with van der Waals surface area (Å²) in [5.74, 6) is -2.36. The molecular formula is C21H20O4. The molecule has 4 nitrogen and oxygen atoms in total. The number of aliphatic carboxylic acids is 1. The number of hydrogen-bond acceptors (Lipinski definition) is 3. The number of benzene rings is 2. The van der Waals surface area contributed by atoms with Crippen LogP contribution < -0.4 is 0 Å². The van der Waals surface area contributed by atoms with Gasteiger partial charge in [-0.15, -0.1) is 0 Å². The van der Waals surface area contributed by atoms with Crippen LogP contribution in [0.4, 0.5) is 0 Å². The predicted molar refractivity (Wildman–Crippen MR) is 93.1 cm³/mol. The lowest BCUT2D eigenvalue weighted by atomic mass is 9.96. The predicted octanol–water partition coefficient (Wildman–Crippen LogP) is 3.84. The number of fused-ring (bicyclic) bond motifs is 3. The Morgan fingerprint density at radius 3 is 2.08 bits per heavy atom. The van der Waals surface area contributed by atoms with E-state index in [0.717, 1.165) is 17.5 Å². The number of carboxylic acid groups (broad SMARTS) is 1. The van der Waals surface area contributed by atoms with Crippen molar-refractivity contribution in [3.05, 3.63) is 59.7 Å². The Morgan fingerprint density at radius 1 is 0.920 bits per heavy atom. The number of carbonyl (C=O) groups is 2. The summed E-state index contributed by atoms with van der Waals surface area (Å²) in [6.07, 6.45) is 1.93. The van der Waals surface area contributed by atoms with Crippen LogP contribution in [0.1, 0.15) is 36.3 Å². The average Bonchev–Trinajstić information content (AvgIpc) is 3.23. The Balaban J connectivity index is 1.53. The monoisotopic (exact) mass is 336 g/mol. The van der Waals surface area contributed by atoms with E-state index in [1.807, 2.05) is 24.3 Å². The molecule has 0 radical (unpaired) electrons. The molecule has 1 N–H and O–H groups in total. The van der Waals surface area contributed by atoms with Gasteiger partial charge < -0.3 is 9.84 Å². The first-order valence-electron chi connectivity index (χ1n) is 8.74. The molecule has 128 valence electrons. The molecule has 2 aliphatic carbocycles. The molecule has 0 aliphatic heterocycles. The molecule has 2 aromatic rings. The number of carboxylic acids is 1. The molecule has 1 unspecified atom stereocenters. The van der Waals surface area contributed by atoms with Gasteiger partial charge in [0.1, 0.15) is 6.61 Å². The summed E-state index contributed by atoms with van der Waals surface area (Å²) in [5, 5.41) is 9.26. The lowest BCUT2D eigenvalue weighted by Gasteiger charge is -2.18. The van der Waals surface area contributed by atoms with Gasteiger partial charge in [-0.1, -0.05) is 55.0 Å². The fourth-order valence-electron chi connectivity index (χ4n) is 4.25. The van der Waals surface area contributed by atoms with Crippen molar-refractivity contribution >= 4 is 11.9 Å². The van der Waals surface area contributed by atoms with Gasteiger partial charge in [-0.2, -0.15) is 0 Å². The van der Waals surface area contributed by atoms with E-state index in [1.165, 1.54) is 11.1 Å². The maximum Gasteiger partial charge on any atom is 0.309 e. The van der Waals surface area contributed by atoms with Crippen LogP contribution in [-0.4, -0.2) is 23.7 Å². The first-order valence-corrected chi connectivity index (χ1v) is 8.74. The van der Waals surface area contributed by atoms with Crippen LogP contribution in [0.5, 0.6) is 0 Å². The summed E-state index contributed by atoms with van der Waals surface area (Å²) in [6, 6.07) is 16.3. The van der Waals surface area contributed by atoms with Gasteiger partial charge in [-0.25, -0.2) is 0 Å². The quantitative estimate of drug-likeness (QED) is 0.862. The van der Waals surface area contributed by atoms with Crippen LogP contribution in [0.25, 0.3) is 11.1 Å². The fraction of sp³-hybridized carbons (Fsp3) is 0.333. The van der Waals surface area contributed by atoms with Crippen LogP contribution >= 0.6 is 0 Å². The van der Waals surface area contributed by atoms with E-state index < -0.39 is 17.8 Å². The second-order valence-corrected chi connectivity index (χ2v) is 6.84. The van der Waals surface area contributed by atoms with Crippen molar-refractivity contribution in [3.63, 3.8) is 0 Å². The van der Waals surface area contributed by atoms with Gasteiger partial charge in [0.2, 0.25) is 0 Å². The van der Waals surface area contributed by atoms with Crippen molar-refractivity contribution in [3.8, 4) is 11.1 Å². The van der Waals surface area contributed by atoms with Crippen molar-refractivity contribution in [1.82, 2.24) is 0 Å². The summed E-state index contributed by atoms with van der Waals surface area (Å²) in [5.41, 5.74) is 4.70. The molecule has 2 atom stereocenters. The summed E-state index contributed by atoms with van der Waals surface area (Å²) >= 11 is 0. The lowest BCUT2D eigenvalue weighted by molar-refractivity contribution is -0.156. The fourth-order valence-corrected chi connectivity index (χ4v) is 4.25. The molecule has 4 rings (SSSR count). The Hall–Kier alpha value is -2.62. The molecule has 2 aromatic carbocycles. The zero-order valence-electron chi connectivity index (χ0n) is 13.9. The largest absolute Gasteiger partial charge is 0.481 e. The standard InChI is InChI=1S/C21H20O4/c22-20(23)17-10-5-11-18(17)21(24)25-12-19-15-8-3-1-6-13(15)14-7-2-4-9-16(14)19/h1-4,6-9,17-19H,5,10-12H2,(H,22,23)/t17-,18?/m0/s1. The van der Waals surface area contributed by atoms with Crippen molar-refractivity contribution in [2.24, 2.45) is 11.8 Å². The zero-order chi connectivity index (χ0) is 17.4. The Kier molecular flexibility index (Phi) is 4.04. The summed E-state index contributed by atoms with van der Waals surface area (Å²) in [6.45, 7) is 0.260. The molecule has 0 bridgehead atoms. The van der Waals surface area contributed by atoms with Crippen LogP contribution in [-0.2, 0) is 14.3 Å². The lowest BCUT2D eigenvalue weighted by Crippen LogP contribution is -2.28. The molecule has 1 fully saturated rings. The van der Waals surface area contributed by atoms with Crippen molar-refractivity contribution in [1.29, 1.82) is 0 Å². The number of esters is 1. The van der Waals surface area contributed by atoms with E-state index in [9.17, 15) is 14.7 Å².